The molecule has 0 spiro atoms. The zero-order valence-corrected chi connectivity index (χ0v) is 15.3. The maximum absolute atomic E-state index is 6.13. The number of hydrogen-bond donors (Lipinski definition) is 0. The van der Waals surface area contributed by atoms with Crippen molar-refractivity contribution >= 4 is 0 Å². The fraction of sp³-hybridized carbons (Fsp3) is 0.250. The van der Waals surface area contributed by atoms with Gasteiger partial charge in [0.25, 0.3) is 0 Å². The molecular formula is C24H26O2. The fourth-order valence-electron chi connectivity index (χ4n) is 2.85. The number of aryl methyl sites for hydroxylation is 1. The molecule has 1 atom stereocenters. The first-order valence-corrected chi connectivity index (χ1v) is 9.28. The van der Waals surface area contributed by atoms with E-state index in [1.807, 2.05) is 36.4 Å². The number of ether oxygens (including phenoxy) is 2. The third kappa shape index (κ3) is 5.75. The second-order valence-electron chi connectivity index (χ2n) is 6.34. The summed E-state index contributed by atoms with van der Waals surface area (Å²) in [4.78, 5) is 0. The van der Waals surface area contributed by atoms with E-state index < -0.39 is 0 Å². The molecule has 0 aromatic heterocycles. The van der Waals surface area contributed by atoms with Crippen molar-refractivity contribution in [2.45, 2.75) is 32.5 Å². The first-order chi connectivity index (χ1) is 12.8. The minimum Gasteiger partial charge on any atom is -0.465 e. The molecule has 26 heavy (non-hydrogen) atoms. The average molecular weight is 346 g/mol. The zero-order chi connectivity index (χ0) is 18.0. The van der Waals surface area contributed by atoms with Gasteiger partial charge in [-0.1, -0.05) is 79.7 Å². The van der Waals surface area contributed by atoms with E-state index in [4.69, 9.17) is 9.47 Å². The van der Waals surface area contributed by atoms with Crippen molar-refractivity contribution in [1.82, 2.24) is 0 Å². The van der Waals surface area contributed by atoms with Crippen LogP contribution >= 0.6 is 0 Å². The molecule has 0 aliphatic carbocycles. The van der Waals surface area contributed by atoms with Crippen LogP contribution in [-0.4, -0.2) is 12.9 Å². The normalized spacial score (nSPS) is 11.9. The molecule has 1 unspecified atom stereocenters. The number of benzene rings is 3. The van der Waals surface area contributed by atoms with Gasteiger partial charge in [-0.05, 0) is 41.7 Å². The second kappa shape index (κ2) is 9.79. The molecule has 0 amide bonds. The zero-order valence-electron chi connectivity index (χ0n) is 15.3. The smallest absolute Gasteiger partial charge is 0.203 e. The maximum atomic E-state index is 6.13. The van der Waals surface area contributed by atoms with Crippen molar-refractivity contribution in [2.24, 2.45) is 0 Å². The van der Waals surface area contributed by atoms with Gasteiger partial charge in [-0.15, -0.1) is 0 Å². The van der Waals surface area contributed by atoms with Crippen LogP contribution in [0.15, 0.2) is 84.9 Å². The molecule has 0 bridgehead atoms. The van der Waals surface area contributed by atoms with Crippen molar-refractivity contribution in [3.8, 4) is 5.75 Å². The first kappa shape index (κ1) is 18.2. The van der Waals surface area contributed by atoms with Crippen molar-refractivity contribution in [2.75, 3.05) is 6.61 Å². The molecule has 0 fully saturated rings. The highest BCUT2D eigenvalue weighted by molar-refractivity contribution is 5.27. The predicted molar refractivity (Wildman–Crippen MR) is 106 cm³/mol. The Morgan fingerprint density at radius 3 is 1.92 bits per heavy atom. The Kier molecular flexibility index (Phi) is 6.86. The van der Waals surface area contributed by atoms with Crippen LogP contribution < -0.4 is 4.74 Å². The lowest BCUT2D eigenvalue weighted by Gasteiger charge is -2.20. The molecule has 0 saturated carbocycles. The van der Waals surface area contributed by atoms with Crippen LogP contribution in [0.1, 0.15) is 23.6 Å². The summed E-state index contributed by atoms with van der Waals surface area (Å²) < 4.78 is 12.2. The summed E-state index contributed by atoms with van der Waals surface area (Å²) in [6.07, 6.45) is 2.34. The summed E-state index contributed by atoms with van der Waals surface area (Å²) in [5.74, 6) is 0.850. The van der Waals surface area contributed by atoms with Crippen LogP contribution in [0.4, 0.5) is 0 Å². The second-order valence-corrected chi connectivity index (χ2v) is 6.34. The Morgan fingerprint density at radius 2 is 1.31 bits per heavy atom. The van der Waals surface area contributed by atoms with Gasteiger partial charge in [-0.25, -0.2) is 0 Å². The highest BCUT2D eigenvalue weighted by atomic mass is 16.7. The van der Waals surface area contributed by atoms with Crippen LogP contribution in [0, 0.1) is 0 Å². The van der Waals surface area contributed by atoms with Crippen LogP contribution in [0.2, 0.25) is 0 Å². The van der Waals surface area contributed by atoms with Gasteiger partial charge in [0, 0.05) is 6.42 Å². The Hall–Kier alpha value is -2.58. The van der Waals surface area contributed by atoms with Gasteiger partial charge in [0.1, 0.15) is 5.75 Å². The van der Waals surface area contributed by atoms with Gasteiger partial charge >= 0.3 is 0 Å². The average Bonchev–Trinajstić information content (AvgIpc) is 2.70. The Bertz CT molecular complexity index is 751. The van der Waals surface area contributed by atoms with E-state index in [0.29, 0.717) is 6.61 Å². The highest BCUT2D eigenvalue weighted by Gasteiger charge is 2.12. The predicted octanol–water partition coefficient (Wildman–Crippen LogP) is 5.46. The molecular weight excluding hydrogens is 320 g/mol. The number of hydrogen-bond acceptors (Lipinski definition) is 2. The molecule has 134 valence electrons. The Balaban J connectivity index is 1.62. The topological polar surface area (TPSA) is 18.5 Å². The standard InChI is InChI=1S/C24H26O2/c1-2-20-13-15-23(16-14-20)26-24(19-22-11-7-4-8-12-22)25-18-17-21-9-5-3-6-10-21/h3-16,24H,2,17-19H2,1H3. The van der Waals surface area contributed by atoms with Gasteiger partial charge in [0.15, 0.2) is 0 Å². The van der Waals surface area contributed by atoms with Gasteiger partial charge in [0.05, 0.1) is 6.61 Å². The number of rotatable bonds is 9. The SMILES string of the molecule is CCc1ccc(OC(Cc2ccccc2)OCCc2ccccc2)cc1. The van der Waals surface area contributed by atoms with E-state index in [1.165, 1.54) is 16.7 Å². The van der Waals surface area contributed by atoms with Crippen LogP contribution in [0.3, 0.4) is 0 Å². The minimum absolute atomic E-state index is 0.298. The summed E-state index contributed by atoms with van der Waals surface area (Å²) >= 11 is 0. The molecule has 0 radical (unpaired) electrons. The monoisotopic (exact) mass is 346 g/mol. The van der Waals surface area contributed by atoms with Crippen LogP contribution in [0.5, 0.6) is 5.75 Å². The highest BCUT2D eigenvalue weighted by Crippen LogP contribution is 2.17. The summed E-state index contributed by atoms with van der Waals surface area (Å²) in [6, 6.07) is 29.0. The van der Waals surface area contributed by atoms with Crippen molar-refractivity contribution < 1.29 is 9.47 Å². The van der Waals surface area contributed by atoms with E-state index >= 15 is 0 Å². The molecule has 0 saturated heterocycles. The molecule has 3 rings (SSSR count). The van der Waals surface area contributed by atoms with Crippen molar-refractivity contribution in [1.29, 1.82) is 0 Å². The first-order valence-electron chi connectivity index (χ1n) is 9.28. The molecule has 0 aliphatic heterocycles. The van der Waals surface area contributed by atoms with Gasteiger partial charge < -0.3 is 9.47 Å². The lowest BCUT2D eigenvalue weighted by molar-refractivity contribution is -0.0779. The third-order valence-electron chi connectivity index (χ3n) is 4.38. The summed E-state index contributed by atoms with van der Waals surface area (Å²) in [5, 5.41) is 0. The largest absolute Gasteiger partial charge is 0.465 e. The maximum Gasteiger partial charge on any atom is 0.203 e. The van der Waals surface area contributed by atoms with Crippen molar-refractivity contribution in [3.63, 3.8) is 0 Å². The van der Waals surface area contributed by atoms with Crippen molar-refractivity contribution in [3.05, 3.63) is 102 Å². The van der Waals surface area contributed by atoms with Crippen LogP contribution in [-0.2, 0) is 24.0 Å². The van der Waals surface area contributed by atoms with Gasteiger partial charge in [0.2, 0.25) is 6.29 Å². The summed E-state index contributed by atoms with van der Waals surface area (Å²) in [6.45, 7) is 2.79. The van der Waals surface area contributed by atoms with E-state index in [9.17, 15) is 0 Å². The molecule has 2 heteroatoms. The molecule has 0 N–H and O–H groups in total. The third-order valence-corrected chi connectivity index (χ3v) is 4.38. The van der Waals surface area contributed by atoms with Crippen LogP contribution in [0.25, 0.3) is 0 Å². The molecule has 3 aromatic carbocycles. The fourth-order valence-corrected chi connectivity index (χ4v) is 2.85. The van der Waals surface area contributed by atoms with Gasteiger partial charge in [-0.3, -0.25) is 0 Å². The minimum atomic E-state index is -0.298. The summed E-state index contributed by atoms with van der Waals surface area (Å²) in [5.41, 5.74) is 3.79. The van der Waals surface area contributed by atoms with E-state index in [2.05, 4.69) is 55.5 Å². The van der Waals surface area contributed by atoms with Gasteiger partial charge in [-0.2, -0.15) is 0 Å². The Morgan fingerprint density at radius 1 is 0.692 bits per heavy atom. The van der Waals surface area contributed by atoms with E-state index in [1.54, 1.807) is 0 Å². The van der Waals surface area contributed by atoms with E-state index in [0.717, 1.165) is 25.0 Å². The lowest BCUT2D eigenvalue weighted by Crippen LogP contribution is -2.24. The lowest BCUT2D eigenvalue weighted by atomic mass is 10.1. The van der Waals surface area contributed by atoms with E-state index in [-0.39, 0.29) is 6.29 Å². The molecule has 0 aliphatic rings. The molecule has 2 nitrogen and oxygen atoms in total. The quantitative estimate of drug-likeness (QED) is 0.479. The Labute approximate surface area is 156 Å². The molecule has 0 heterocycles. The summed E-state index contributed by atoms with van der Waals surface area (Å²) in [7, 11) is 0. The molecule has 3 aromatic rings.